The van der Waals surface area contributed by atoms with Crippen molar-refractivity contribution in [2.45, 2.75) is 0 Å². The van der Waals surface area contributed by atoms with Crippen LogP contribution in [-0.4, -0.2) is 42.9 Å². The van der Waals surface area contributed by atoms with E-state index in [0.29, 0.717) is 6.61 Å². The fourth-order valence-electron chi connectivity index (χ4n) is 1.34. The molecule has 0 saturated carbocycles. The topological polar surface area (TPSA) is 55.8 Å². The van der Waals surface area contributed by atoms with Gasteiger partial charge in [-0.05, 0) is 23.8 Å². The van der Waals surface area contributed by atoms with Crippen LogP contribution in [-0.2, 0) is 9.53 Å². The fraction of sp³-hybridized carbons (Fsp3) is 0.357. The lowest BCUT2D eigenvalue weighted by Gasteiger charge is -2.06. The number of rotatable bonds is 9. The Labute approximate surface area is 117 Å². The molecule has 1 aromatic carbocycles. The first-order valence-corrected chi connectivity index (χ1v) is 7.08. The molecule has 19 heavy (non-hydrogen) atoms. The molecule has 1 N–H and O–H groups in total. The molecule has 0 aliphatic carbocycles. The van der Waals surface area contributed by atoms with Crippen molar-refractivity contribution in [3.05, 3.63) is 35.9 Å². The predicted octanol–water partition coefficient (Wildman–Crippen LogP) is 2.54. The molecule has 0 unspecified atom stereocenters. The monoisotopic (exact) mass is 282 g/mol. The van der Waals surface area contributed by atoms with Crippen LogP contribution in [0.4, 0.5) is 0 Å². The molecule has 1 rings (SSSR count). The Hall–Kier alpha value is -1.46. The zero-order valence-electron chi connectivity index (χ0n) is 10.9. The van der Waals surface area contributed by atoms with Gasteiger partial charge in [-0.1, -0.05) is 12.1 Å². The largest absolute Gasteiger partial charge is 0.493 e. The van der Waals surface area contributed by atoms with Gasteiger partial charge < -0.3 is 14.6 Å². The summed E-state index contributed by atoms with van der Waals surface area (Å²) in [6.45, 7) is 1.38. The van der Waals surface area contributed by atoms with E-state index >= 15 is 0 Å². The maximum atomic E-state index is 10.4. The molecule has 1 aromatic rings. The number of ether oxygens (including phenoxy) is 2. The maximum absolute atomic E-state index is 10.4. The molecule has 0 aliphatic rings. The zero-order valence-corrected chi connectivity index (χ0v) is 11.7. The third kappa shape index (κ3) is 7.54. The Morgan fingerprint density at radius 3 is 2.89 bits per heavy atom. The van der Waals surface area contributed by atoms with E-state index in [0.717, 1.165) is 35.5 Å². The molecule has 0 heterocycles. The van der Waals surface area contributed by atoms with E-state index in [1.165, 1.54) is 0 Å². The van der Waals surface area contributed by atoms with E-state index in [2.05, 4.69) is 0 Å². The molecule has 0 saturated heterocycles. The summed E-state index contributed by atoms with van der Waals surface area (Å²) in [6, 6.07) is 7.35. The van der Waals surface area contributed by atoms with Crippen LogP contribution in [0.1, 0.15) is 5.56 Å². The van der Waals surface area contributed by atoms with Crippen molar-refractivity contribution in [3.8, 4) is 5.75 Å². The van der Waals surface area contributed by atoms with Crippen LogP contribution >= 0.6 is 11.8 Å². The molecule has 0 aromatic heterocycles. The van der Waals surface area contributed by atoms with Gasteiger partial charge in [-0.15, -0.1) is 0 Å². The van der Waals surface area contributed by atoms with Crippen molar-refractivity contribution < 1.29 is 19.4 Å². The van der Waals surface area contributed by atoms with Crippen molar-refractivity contribution in [1.82, 2.24) is 0 Å². The predicted molar refractivity (Wildman–Crippen MR) is 77.8 cm³/mol. The van der Waals surface area contributed by atoms with Crippen LogP contribution in [0.3, 0.4) is 0 Å². The first-order valence-electron chi connectivity index (χ1n) is 5.93. The molecule has 0 bridgehead atoms. The molecule has 5 heteroatoms. The van der Waals surface area contributed by atoms with Gasteiger partial charge in [-0.3, -0.25) is 0 Å². The summed E-state index contributed by atoms with van der Waals surface area (Å²) in [4.78, 5) is 10.4. The van der Waals surface area contributed by atoms with Gasteiger partial charge in [0, 0.05) is 24.7 Å². The highest BCUT2D eigenvalue weighted by atomic mass is 32.2. The minimum atomic E-state index is -0.958. The Morgan fingerprint density at radius 1 is 1.37 bits per heavy atom. The number of aliphatic carboxylic acids is 1. The number of carboxylic acids is 1. The molecule has 0 aliphatic heterocycles. The van der Waals surface area contributed by atoms with Gasteiger partial charge in [0.15, 0.2) is 0 Å². The smallest absolute Gasteiger partial charge is 0.328 e. The quantitative estimate of drug-likeness (QED) is 0.557. The highest BCUT2D eigenvalue weighted by Crippen LogP contribution is 2.15. The Kier molecular flexibility index (Phi) is 7.77. The summed E-state index contributed by atoms with van der Waals surface area (Å²) >= 11 is 1.77. The van der Waals surface area contributed by atoms with Crippen molar-refractivity contribution in [2.75, 3.05) is 31.8 Å². The van der Waals surface area contributed by atoms with Crippen molar-refractivity contribution in [1.29, 1.82) is 0 Å². The molecule has 0 radical (unpaired) electrons. The summed E-state index contributed by atoms with van der Waals surface area (Å²) in [6.07, 6.45) is 2.66. The second-order valence-corrected chi connectivity index (χ2v) is 4.92. The summed E-state index contributed by atoms with van der Waals surface area (Å²) < 4.78 is 10.5. The normalized spacial score (nSPS) is 10.8. The minimum absolute atomic E-state index is 0.625. The number of methoxy groups -OCH3 is 1. The van der Waals surface area contributed by atoms with Crippen molar-refractivity contribution in [2.24, 2.45) is 0 Å². The first-order chi connectivity index (χ1) is 9.22. The Morgan fingerprint density at radius 2 is 2.16 bits per heavy atom. The second-order valence-electron chi connectivity index (χ2n) is 3.70. The lowest BCUT2D eigenvalue weighted by Crippen LogP contribution is -2.02. The van der Waals surface area contributed by atoms with Gasteiger partial charge in [0.2, 0.25) is 0 Å². The van der Waals surface area contributed by atoms with Gasteiger partial charge in [0.25, 0.3) is 0 Å². The Balaban J connectivity index is 2.34. The number of hydrogen-bond acceptors (Lipinski definition) is 4. The van der Waals surface area contributed by atoms with Gasteiger partial charge in [0.05, 0.1) is 13.2 Å². The lowest BCUT2D eigenvalue weighted by molar-refractivity contribution is -0.131. The van der Waals surface area contributed by atoms with Crippen LogP contribution in [0.25, 0.3) is 6.08 Å². The van der Waals surface area contributed by atoms with E-state index in [1.54, 1.807) is 24.9 Å². The van der Waals surface area contributed by atoms with Crippen LogP contribution in [0.2, 0.25) is 0 Å². The van der Waals surface area contributed by atoms with E-state index in [9.17, 15) is 4.79 Å². The van der Waals surface area contributed by atoms with Gasteiger partial charge in [-0.25, -0.2) is 4.79 Å². The van der Waals surface area contributed by atoms with Gasteiger partial charge in [0.1, 0.15) is 5.75 Å². The average molecular weight is 282 g/mol. The Bertz CT molecular complexity index is 418. The van der Waals surface area contributed by atoms with E-state index < -0.39 is 5.97 Å². The molecule has 0 spiro atoms. The third-order valence-corrected chi connectivity index (χ3v) is 3.12. The number of thioether (sulfide) groups is 1. The van der Waals surface area contributed by atoms with Crippen LogP contribution in [0.5, 0.6) is 5.75 Å². The van der Waals surface area contributed by atoms with Crippen molar-refractivity contribution in [3.63, 3.8) is 0 Å². The van der Waals surface area contributed by atoms with Crippen LogP contribution in [0, 0.1) is 0 Å². The molecule has 0 atom stereocenters. The molecule has 0 fully saturated rings. The maximum Gasteiger partial charge on any atom is 0.328 e. The average Bonchev–Trinajstić information content (AvgIpc) is 2.41. The van der Waals surface area contributed by atoms with Gasteiger partial charge in [-0.2, -0.15) is 11.8 Å². The number of carboxylic acid groups (broad SMARTS) is 1. The number of carbonyl (C=O) groups is 1. The van der Waals surface area contributed by atoms with E-state index in [4.69, 9.17) is 14.6 Å². The van der Waals surface area contributed by atoms with E-state index in [1.807, 2.05) is 24.3 Å². The van der Waals surface area contributed by atoms with Crippen molar-refractivity contribution >= 4 is 23.8 Å². The molecule has 4 nitrogen and oxygen atoms in total. The van der Waals surface area contributed by atoms with Gasteiger partial charge >= 0.3 is 5.97 Å². The summed E-state index contributed by atoms with van der Waals surface area (Å²) in [7, 11) is 1.69. The molecule has 0 amide bonds. The molecule has 104 valence electrons. The molecular weight excluding hydrogens is 264 g/mol. The summed E-state index contributed by atoms with van der Waals surface area (Å²) in [5.74, 6) is 1.65. The van der Waals surface area contributed by atoms with Crippen LogP contribution in [0.15, 0.2) is 30.3 Å². The lowest BCUT2D eigenvalue weighted by atomic mass is 10.2. The second kappa shape index (κ2) is 9.47. The highest BCUT2D eigenvalue weighted by molar-refractivity contribution is 7.99. The standard InChI is InChI=1S/C14H18O4S/c1-17-7-9-19-10-8-18-13-4-2-3-12(11-13)5-6-14(15)16/h2-6,11H,7-10H2,1H3,(H,15,16)/b6-5+. The number of benzene rings is 1. The van der Waals surface area contributed by atoms with E-state index in [-0.39, 0.29) is 0 Å². The fourth-order valence-corrected chi connectivity index (χ4v) is 2.03. The minimum Gasteiger partial charge on any atom is -0.493 e. The number of hydrogen-bond donors (Lipinski definition) is 1. The summed E-state index contributed by atoms with van der Waals surface area (Å²) in [5.41, 5.74) is 0.812. The highest BCUT2D eigenvalue weighted by Gasteiger charge is 1.96. The first kappa shape index (κ1) is 15.6. The third-order valence-electron chi connectivity index (χ3n) is 2.20. The molecular formula is C14H18O4S. The zero-order chi connectivity index (χ0) is 13.9. The summed E-state index contributed by atoms with van der Waals surface area (Å²) in [5, 5.41) is 8.56. The van der Waals surface area contributed by atoms with Crippen LogP contribution < -0.4 is 4.74 Å². The SMILES string of the molecule is COCCSCCOc1cccc(/C=C/C(=O)O)c1.